The van der Waals surface area contributed by atoms with E-state index in [1.165, 1.54) is 0 Å². The van der Waals surface area contributed by atoms with Crippen LogP contribution in [0.2, 0.25) is 0 Å². The number of hydrogen-bond acceptors (Lipinski definition) is 7. The molecule has 1 fully saturated rings. The topological polar surface area (TPSA) is 116 Å². The van der Waals surface area contributed by atoms with Crippen molar-refractivity contribution in [2.24, 2.45) is 5.73 Å². The van der Waals surface area contributed by atoms with Gasteiger partial charge in [0.15, 0.2) is 0 Å². The Bertz CT molecular complexity index is 1560. The maximum Gasteiger partial charge on any atom is 0.255 e. The molecule has 228 valence electrons. The van der Waals surface area contributed by atoms with E-state index in [4.69, 9.17) is 5.73 Å². The van der Waals surface area contributed by atoms with Crippen LogP contribution in [-0.4, -0.2) is 52.9 Å². The van der Waals surface area contributed by atoms with Crippen molar-refractivity contribution in [3.63, 3.8) is 0 Å². The third kappa shape index (κ3) is 7.86. The highest BCUT2D eigenvalue weighted by Crippen LogP contribution is 2.25. The van der Waals surface area contributed by atoms with E-state index in [1.54, 1.807) is 18.5 Å². The van der Waals surface area contributed by atoms with Gasteiger partial charge >= 0.3 is 0 Å². The number of anilines is 2. The van der Waals surface area contributed by atoms with Crippen molar-refractivity contribution >= 4 is 23.5 Å². The van der Waals surface area contributed by atoms with Crippen LogP contribution in [0.1, 0.15) is 63.7 Å². The van der Waals surface area contributed by atoms with Crippen molar-refractivity contribution in [1.82, 2.24) is 20.2 Å². The molecule has 44 heavy (non-hydrogen) atoms. The van der Waals surface area contributed by atoms with Crippen molar-refractivity contribution in [3.05, 3.63) is 119 Å². The summed E-state index contributed by atoms with van der Waals surface area (Å²) >= 11 is 0. The molecule has 1 aromatic heterocycles. The molecular formula is C35H41N7O2. The summed E-state index contributed by atoms with van der Waals surface area (Å²) in [5, 5.41) is 6.10. The first-order chi connectivity index (χ1) is 21.2. The summed E-state index contributed by atoms with van der Waals surface area (Å²) in [6.45, 7) is 11.2. The fraction of sp³-hybridized carbons (Fsp3) is 0.314. The SMILES string of the molecule is CC(C)(C)c1ccc(C(=O)Nc2cc(C(=O)NCc3ccc(CN)cc3)ccc2CN2CCN(c3ncccn3)CC2)cc1. The second-order valence-corrected chi connectivity index (χ2v) is 12.2. The number of hydrogen-bond donors (Lipinski definition) is 3. The summed E-state index contributed by atoms with van der Waals surface area (Å²) in [5.41, 5.74) is 11.5. The van der Waals surface area contributed by atoms with Gasteiger partial charge in [-0.25, -0.2) is 9.97 Å². The molecule has 4 aromatic rings. The van der Waals surface area contributed by atoms with Crippen molar-refractivity contribution < 1.29 is 9.59 Å². The van der Waals surface area contributed by atoms with Gasteiger partial charge in [0.25, 0.3) is 11.8 Å². The lowest BCUT2D eigenvalue weighted by atomic mass is 9.86. The predicted molar refractivity (Wildman–Crippen MR) is 175 cm³/mol. The van der Waals surface area contributed by atoms with Gasteiger partial charge in [0.2, 0.25) is 5.95 Å². The smallest absolute Gasteiger partial charge is 0.255 e. The molecule has 9 nitrogen and oxygen atoms in total. The number of carbonyl (C=O) groups excluding carboxylic acids is 2. The Labute approximate surface area is 259 Å². The molecule has 0 atom stereocenters. The first-order valence-electron chi connectivity index (χ1n) is 15.0. The summed E-state index contributed by atoms with van der Waals surface area (Å²) in [5.74, 6) is 0.319. The van der Waals surface area contributed by atoms with Crippen molar-refractivity contribution in [2.75, 3.05) is 36.4 Å². The summed E-state index contributed by atoms with van der Waals surface area (Å²) < 4.78 is 0. The van der Waals surface area contributed by atoms with Gasteiger partial charge in [-0.3, -0.25) is 14.5 Å². The Hall–Kier alpha value is -4.60. The summed E-state index contributed by atoms with van der Waals surface area (Å²) in [7, 11) is 0. The van der Waals surface area contributed by atoms with Crippen LogP contribution in [0.4, 0.5) is 11.6 Å². The van der Waals surface area contributed by atoms with Crippen LogP contribution in [0.25, 0.3) is 0 Å². The Kier molecular flexibility index (Phi) is 9.67. The normalized spacial score (nSPS) is 13.9. The maximum absolute atomic E-state index is 13.4. The van der Waals surface area contributed by atoms with Crippen LogP contribution < -0.4 is 21.3 Å². The summed E-state index contributed by atoms with van der Waals surface area (Å²) in [6.07, 6.45) is 3.52. The van der Waals surface area contributed by atoms with Crippen LogP contribution in [0.5, 0.6) is 0 Å². The van der Waals surface area contributed by atoms with Crippen LogP contribution in [0, 0.1) is 0 Å². The molecule has 2 amide bonds. The fourth-order valence-electron chi connectivity index (χ4n) is 5.17. The van der Waals surface area contributed by atoms with Gasteiger partial charge in [0, 0.05) is 75.0 Å². The Morgan fingerprint density at radius 2 is 1.45 bits per heavy atom. The minimum absolute atomic E-state index is 0.00696. The number of rotatable bonds is 9. The van der Waals surface area contributed by atoms with Crippen molar-refractivity contribution in [1.29, 1.82) is 0 Å². The average Bonchev–Trinajstić information content (AvgIpc) is 3.05. The molecule has 5 rings (SSSR count). The van der Waals surface area contributed by atoms with E-state index in [0.29, 0.717) is 36.4 Å². The molecular weight excluding hydrogens is 550 g/mol. The number of benzene rings is 3. The van der Waals surface area contributed by atoms with Gasteiger partial charge in [-0.15, -0.1) is 0 Å². The molecule has 1 saturated heterocycles. The summed E-state index contributed by atoms with van der Waals surface area (Å²) in [4.78, 5) is 39.9. The highest BCUT2D eigenvalue weighted by atomic mass is 16.2. The maximum atomic E-state index is 13.4. The third-order valence-electron chi connectivity index (χ3n) is 7.95. The van der Waals surface area contributed by atoms with E-state index >= 15 is 0 Å². The number of amides is 2. The van der Waals surface area contributed by atoms with Gasteiger partial charge in [-0.05, 0) is 58.0 Å². The lowest BCUT2D eigenvalue weighted by Gasteiger charge is -2.35. The van der Waals surface area contributed by atoms with Crippen molar-refractivity contribution in [2.45, 2.75) is 45.8 Å². The standard InChI is InChI=1S/C35H41N7O2/c1-35(2,3)30-13-11-27(12-14-30)33(44)40-31-21-28(32(43)39-23-26-7-5-25(22-36)6-8-26)9-10-29(31)24-41-17-19-42(20-18-41)34-37-15-4-16-38-34/h4-16,21H,17-20,22-24,36H2,1-3H3,(H,39,43)(H,40,44). The van der Waals surface area contributed by atoms with Gasteiger partial charge < -0.3 is 21.3 Å². The number of aromatic nitrogens is 2. The van der Waals surface area contributed by atoms with Crippen LogP contribution in [0.15, 0.2) is 85.2 Å². The summed E-state index contributed by atoms with van der Waals surface area (Å²) in [6, 6.07) is 22.9. The van der Waals surface area contributed by atoms with Crippen LogP contribution in [-0.2, 0) is 25.0 Å². The lowest BCUT2D eigenvalue weighted by molar-refractivity contribution is 0.0949. The van der Waals surface area contributed by atoms with Crippen molar-refractivity contribution in [3.8, 4) is 0 Å². The van der Waals surface area contributed by atoms with Crippen LogP contribution in [0.3, 0.4) is 0 Å². The lowest BCUT2D eigenvalue weighted by Crippen LogP contribution is -2.46. The van der Waals surface area contributed by atoms with E-state index in [2.05, 4.69) is 51.2 Å². The molecule has 0 saturated carbocycles. The molecule has 1 aliphatic rings. The van der Waals surface area contributed by atoms with E-state index < -0.39 is 0 Å². The molecule has 0 radical (unpaired) electrons. The van der Waals surface area contributed by atoms with Gasteiger partial charge in [-0.2, -0.15) is 0 Å². The van der Waals surface area contributed by atoms with E-state index in [9.17, 15) is 9.59 Å². The highest BCUT2D eigenvalue weighted by Gasteiger charge is 2.21. The largest absolute Gasteiger partial charge is 0.348 e. The Balaban J connectivity index is 1.31. The zero-order chi connectivity index (χ0) is 31.1. The zero-order valence-corrected chi connectivity index (χ0v) is 25.7. The molecule has 9 heteroatoms. The fourth-order valence-corrected chi connectivity index (χ4v) is 5.17. The molecule has 3 aromatic carbocycles. The van der Waals surface area contributed by atoms with Crippen LogP contribution >= 0.6 is 0 Å². The Morgan fingerprint density at radius 3 is 2.09 bits per heavy atom. The average molecular weight is 592 g/mol. The van der Waals surface area contributed by atoms with Gasteiger partial charge in [0.05, 0.1) is 0 Å². The van der Waals surface area contributed by atoms with E-state index in [-0.39, 0.29) is 17.2 Å². The van der Waals surface area contributed by atoms with E-state index in [0.717, 1.165) is 54.4 Å². The molecule has 4 N–H and O–H groups in total. The molecule has 0 bridgehead atoms. The van der Waals surface area contributed by atoms with Gasteiger partial charge in [0.1, 0.15) is 0 Å². The molecule has 0 spiro atoms. The third-order valence-corrected chi connectivity index (χ3v) is 7.95. The molecule has 1 aliphatic heterocycles. The van der Waals surface area contributed by atoms with E-state index in [1.807, 2.05) is 66.7 Å². The second-order valence-electron chi connectivity index (χ2n) is 12.2. The predicted octanol–water partition coefficient (Wildman–Crippen LogP) is 4.74. The number of nitrogens with two attached hydrogens (primary N) is 1. The number of piperazine rings is 1. The monoisotopic (exact) mass is 591 g/mol. The zero-order valence-electron chi connectivity index (χ0n) is 25.7. The quantitative estimate of drug-likeness (QED) is 0.258. The second kappa shape index (κ2) is 13.8. The highest BCUT2D eigenvalue weighted by molar-refractivity contribution is 6.05. The molecule has 0 aliphatic carbocycles. The minimum Gasteiger partial charge on any atom is -0.348 e. The van der Waals surface area contributed by atoms with Gasteiger partial charge in [-0.1, -0.05) is 63.2 Å². The number of carbonyl (C=O) groups is 2. The number of nitrogens with one attached hydrogen (secondary N) is 2. The molecule has 2 heterocycles. The minimum atomic E-state index is -0.213. The molecule has 0 unspecified atom stereocenters. The number of nitrogens with zero attached hydrogens (tertiary/aromatic N) is 4. The first-order valence-corrected chi connectivity index (χ1v) is 15.0. The first kappa shape index (κ1) is 30.8. The Morgan fingerprint density at radius 1 is 0.818 bits per heavy atom.